The van der Waals surface area contributed by atoms with Crippen LogP contribution in [0.3, 0.4) is 0 Å². The van der Waals surface area contributed by atoms with Crippen molar-refractivity contribution < 1.29 is 4.79 Å². The van der Waals surface area contributed by atoms with Crippen molar-refractivity contribution in [2.45, 2.75) is 6.92 Å². The molecule has 2 aromatic rings. The third kappa shape index (κ3) is 2.33. The molecule has 2 heterocycles. The van der Waals surface area contributed by atoms with Crippen LogP contribution in [0.5, 0.6) is 0 Å². The second-order valence-electron chi connectivity index (χ2n) is 3.00. The Morgan fingerprint density at radius 1 is 1.33 bits per heavy atom. The highest BCUT2D eigenvalue weighted by atomic mass is 79.9. The van der Waals surface area contributed by atoms with E-state index in [4.69, 9.17) is 11.6 Å². The third-order valence-corrected chi connectivity index (χ3v) is 5.24. The van der Waals surface area contributed by atoms with E-state index in [9.17, 15) is 4.79 Å². The van der Waals surface area contributed by atoms with Crippen LogP contribution in [-0.2, 0) is 0 Å². The van der Waals surface area contributed by atoms with E-state index in [0.29, 0.717) is 9.21 Å². The third-order valence-electron chi connectivity index (χ3n) is 1.88. The first kappa shape index (κ1) is 11.3. The lowest BCUT2D eigenvalue weighted by Gasteiger charge is -1.90. The zero-order valence-corrected chi connectivity index (χ0v) is 11.7. The van der Waals surface area contributed by atoms with E-state index in [1.807, 2.05) is 13.0 Å². The molecule has 0 radical (unpaired) electrons. The van der Waals surface area contributed by atoms with Gasteiger partial charge in [0.1, 0.15) is 0 Å². The van der Waals surface area contributed by atoms with Crippen LogP contribution >= 0.6 is 50.2 Å². The molecule has 0 unspecified atom stereocenters. The summed E-state index contributed by atoms with van der Waals surface area (Å²) in [6.45, 7) is 1.97. The molecule has 0 amide bonds. The number of hydrogen-bond acceptors (Lipinski definition) is 3. The van der Waals surface area contributed by atoms with Gasteiger partial charge in [-0.15, -0.1) is 22.7 Å². The van der Waals surface area contributed by atoms with Crippen molar-refractivity contribution in [2.75, 3.05) is 0 Å². The van der Waals surface area contributed by atoms with Gasteiger partial charge in [-0.2, -0.15) is 0 Å². The molecule has 5 heteroatoms. The van der Waals surface area contributed by atoms with Crippen LogP contribution in [0.4, 0.5) is 0 Å². The van der Waals surface area contributed by atoms with Gasteiger partial charge in [0, 0.05) is 0 Å². The molecule has 0 fully saturated rings. The molecule has 0 N–H and O–H groups in total. The number of halogens is 2. The Morgan fingerprint density at radius 3 is 2.53 bits per heavy atom. The lowest BCUT2D eigenvalue weighted by molar-refractivity contribution is 0.104. The fourth-order valence-corrected chi connectivity index (χ4v) is 3.68. The number of carbonyl (C=O) groups excluding carboxylic acids is 1. The molecule has 0 aromatic carbocycles. The summed E-state index contributed by atoms with van der Waals surface area (Å²) in [6.07, 6.45) is 0. The van der Waals surface area contributed by atoms with Gasteiger partial charge in [0.15, 0.2) is 0 Å². The van der Waals surface area contributed by atoms with Crippen LogP contribution in [-0.4, -0.2) is 5.78 Å². The smallest absolute Gasteiger partial charge is 0.212 e. The van der Waals surface area contributed by atoms with Crippen LogP contribution in [0.25, 0.3) is 0 Å². The Morgan fingerprint density at radius 2 is 2.07 bits per heavy atom. The predicted octanol–water partition coefficient (Wildman–Crippen LogP) is 4.76. The molecule has 0 saturated carbocycles. The fourth-order valence-electron chi connectivity index (χ4n) is 1.13. The zero-order chi connectivity index (χ0) is 11.0. The molecular formula is C10H6BrClOS2. The van der Waals surface area contributed by atoms with Gasteiger partial charge >= 0.3 is 0 Å². The van der Waals surface area contributed by atoms with Crippen LogP contribution in [0, 0.1) is 6.92 Å². The molecule has 2 rings (SSSR count). The molecule has 0 saturated heterocycles. The van der Waals surface area contributed by atoms with Crippen molar-refractivity contribution in [3.05, 3.63) is 41.6 Å². The van der Waals surface area contributed by atoms with Gasteiger partial charge in [-0.25, -0.2) is 0 Å². The standard InChI is InChI=1S/C10H6BrClOS2/c1-5-4-7(15-10(5)11)9(13)6-2-3-8(12)14-6/h2-4H,1H3. The average Bonchev–Trinajstić information content (AvgIpc) is 2.74. The largest absolute Gasteiger partial charge is 0.287 e. The summed E-state index contributed by atoms with van der Waals surface area (Å²) < 4.78 is 1.65. The van der Waals surface area contributed by atoms with E-state index in [1.54, 1.807) is 12.1 Å². The van der Waals surface area contributed by atoms with Crippen molar-refractivity contribution in [2.24, 2.45) is 0 Å². The van der Waals surface area contributed by atoms with Crippen molar-refractivity contribution in [1.29, 1.82) is 0 Å². The number of aryl methyl sites for hydroxylation is 1. The quantitative estimate of drug-likeness (QED) is 0.729. The van der Waals surface area contributed by atoms with Gasteiger partial charge in [0.05, 0.1) is 17.9 Å². The Kier molecular flexibility index (Phi) is 3.30. The minimum atomic E-state index is 0.0469. The Bertz CT molecular complexity index is 496. The summed E-state index contributed by atoms with van der Waals surface area (Å²) in [5, 5.41) is 0. The minimum Gasteiger partial charge on any atom is -0.287 e. The molecular weight excluding hydrogens is 316 g/mol. The lowest BCUT2D eigenvalue weighted by Crippen LogP contribution is -1.93. The molecule has 0 atom stereocenters. The molecule has 0 aliphatic rings. The maximum Gasteiger partial charge on any atom is 0.212 e. The summed E-state index contributed by atoms with van der Waals surface area (Å²) in [5.74, 6) is 0.0469. The van der Waals surface area contributed by atoms with E-state index in [-0.39, 0.29) is 5.78 Å². The first-order valence-electron chi connectivity index (χ1n) is 4.14. The van der Waals surface area contributed by atoms with Crippen LogP contribution < -0.4 is 0 Å². The Balaban J connectivity index is 2.36. The zero-order valence-electron chi connectivity index (χ0n) is 7.71. The molecule has 1 nitrogen and oxygen atoms in total. The number of hydrogen-bond donors (Lipinski definition) is 0. The Labute approximate surface area is 109 Å². The van der Waals surface area contributed by atoms with E-state index < -0.39 is 0 Å². The van der Waals surface area contributed by atoms with Crippen molar-refractivity contribution in [3.8, 4) is 0 Å². The summed E-state index contributed by atoms with van der Waals surface area (Å²) in [4.78, 5) is 13.4. The van der Waals surface area contributed by atoms with Crippen molar-refractivity contribution in [1.82, 2.24) is 0 Å². The van der Waals surface area contributed by atoms with Gasteiger partial charge in [-0.05, 0) is 46.6 Å². The lowest BCUT2D eigenvalue weighted by atomic mass is 10.2. The van der Waals surface area contributed by atoms with Gasteiger partial charge in [0.2, 0.25) is 5.78 Å². The summed E-state index contributed by atoms with van der Waals surface area (Å²) in [6, 6.07) is 5.40. The van der Waals surface area contributed by atoms with Gasteiger partial charge in [-0.1, -0.05) is 11.6 Å². The first-order chi connectivity index (χ1) is 7.08. The predicted molar refractivity (Wildman–Crippen MR) is 69.5 cm³/mol. The highest BCUT2D eigenvalue weighted by molar-refractivity contribution is 9.11. The maximum absolute atomic E-state index is 12.0. The SMILES string of the molecule is Cc1cc(C(=O)c2ccc(Cl)s2)sc1Br. The average molecular weight is 322 g/mol. The number of carbonyl (C=O) groups is 1. The molecule has 78 valence electrons. The highest BCUT2D eigenvalue weighted by Gasteiger charge is 2.15. The molecule has 0 spiro atoms. The summed E-state index contributed by atoms with van der Waals surface area (Å²) >= 11 is 12.0. The van der Waals surface area contributed by atoms with E-state index >= 15 is 0 Å². The van der Waals surface area contributed by atoms with Crippen LogP contribution in [0.2, 0.25) is 4.34 Å². The van der Waals surface area contributed by atoms with Crippen LogP contribution in [0.1, 0.15) is 20.1 Å². The molecule has 0 aliphatic carbocycles. The monoisotopic (exact) mass is 320 g/mol. The minimum absolute atomic E-state index is 0.0469. The van der Waals surface area contributed by atoms with Gasteiger partial charge in [-0.3, -0.25) is 4.79 Å². The van der Waals surface area contributed by atoms with Gasteiger partial charge < -0.3 is 0 Å². The van der Waals surface area contributed by atoms with E-state index in [0.717, 1.165) is 14.2 Å². The fraction of sp³-hybridized carbons (Fsp3) is 0.100. The normalized spacial score (nSPS) is 10.6. The first-order valence-corrected chi connectivity index (χ1v) is 6.94. The maximum atomic E-state index is 12.0. The second-order valence-corrected chi connectivity index (χ2v) is 7.09. The molecule has 0 aliphatic heterocycles. The van der Waals surface area contributed by atoms with E-state index in [2.05, 4.69) is 15.9 Å². The second kappa shape index (κ2) is 4.37. The van der Waals surface area contributed by atoms with Gasteiger partial charge in [0.25, 0.3) is 0 Å². The van der Waals surface area contributed by atoms with Crippen molar-refractivity contribution in [3.63, 3.8) is 0 Å². The van der Waals surface area contributed by atoms with Crippen LogP contribution in [0.15, 0.2) is 22.0 Å². The van der Waals surface area contributed by atoms with Crippen molar-refractivity contribution >= 4 is 56.0 Å². The Hall–Kier alpha value is -0.160. The van der Waals surface area contributed by atoms with E-state index in [1.165, 1.54) is 22.7 Å². The topological polar surface area (TPSA) is 17.1 Å². The number of thiophene rings is 2. The molecule has 15 heavy (non-hydrogen) atoms. The summed E-state index contributed by atoms with van der Waals surface area (Å²) in [7, 11) is 0. The summed E-state index contributed by atoms with van der Waals surface area (Å²) in [5.41, 5.74) is 1.09. The molecule has 2 aromatic heterocycles. The number of rotatable bonds is 2. The highest BCUT2D eigenvalue weighted by Crippen LogP contribution is 2.31. The molecule has 0 bridgehead atoms. The number of ketones is 1.